The van der Waals surface area contributed by atoms with E-state index in [2.05, 4.69) is 20.3 Å². The van der Waals surface area contributed by atoms with Crippen LogP contribution in [0, 0.1) is 0 Å². The molecule has 0 spiro atoms. The summed E-state index contributed by atoms with van der Waals surface area (Å²) < 4.78 is 5.07. The molecule has 25 heavy (non-hydrogen) atoms. The Bertz CT molecular complexity index is 878. The number of ether oxygens (including phenoxy) is 1. The van der Waals surface area contributed by atoms with Gasteiger partial charge in [0.05, 0.1) is 0 Å². The zero-order valence-electron chi connectivity index (χ0n) is 13.2. The Morgan fingerprint density at radius 3 is 2.84 bits per heavy atom. The molecular weight excluding hydrogens is 324 g/mol. The van der Waals surface area contributed by atoms with Crippen LogP contribution in [0.4, 0.5) is 4.79 Å². The van der Waals surface area contributed by atoms with Crippen LogP contribution < -0.4 is 5.32 Å². The third-order valence-electron chi connectivity index (χ3n) is 3.67. The van der Waals surface area contributed by atoms with Gasteiger partial charge in [-0.15, -0.1) is 0 Å². The third-order valence-corrected chi connectivity index (χ3v) is 3.67. The number of aliphatic carboxylic acids is 1. The van der Waals surface area contributed by atoms with Crippen LogP contribution >= 0.6 is 0 Å². The van der Waals surface area contributed by atoms with Crippen LogP contribution in [0.25, 0.3) is 11.0 Å². The van der Waals surface area contributed by atoms with E-state index in [9.17, 15) is 14.7 Å². The second-order valence-corrected chi connectivity index (χ2v) is 5.40. The van der Waals surface area contributed by atoms with E-state index >= 15 is 0 Å². The Hall–Kier alpha value is -3.42. The van der Waals surface area contributed by atoms with Gasteiger partial charge in [0.25, 0.3) is 0 Å². The van der Waals surface area contributed by atoms with Crippen LogP contribution in [0.15, 0.2) is 49.1 Å². The molecule has 0 fully saturated rings. The number of carbonyl (C=O) groups excluding carboxylic acids is 1. The maximum Gasteiger partial charge on any atom is 0.408 e. The van der Waals surface area contributed by atoms with E-state index in [0.717, 1.165) is 5.56 Å². The van der Waals surface area contributed by atoms with Gasteiger partial charge in [0.15, 0.2) is 0 Å². The van der Waals surface area contributed by atoms with Crippen LogP contribution in [0.2, 0.25) is 0 Å². The fourth-order valence-electron chi connectivity index (χ4n) is 2.41. The first-order chi connectivity index (χ1) is 12.1. The van der Waals surface area contributed by atoms with Gasteiger partial charge in [-0.3, -0.25) is 0 Å². The lowest BCUT2D eigenvalue weighted by atomic mass is 10.1. The summed E-state index contributed by atoms with van der Waals surface area (Å²) >= 11 is 0. The van der Waals surface area contributed by atoms with Crippen LogP contribution in [0.5, 0.6) is 0 Å². The van der Waals surface area contributed by atoms with Gasteiger partial charge in [0.1, 0.15) is 24.6 Å². The van der Waals surface area contributed by atoms with Crippen molar-refractivity contribution in [2.45, 2.75) is 19.1 Å². The fourth-order valence-corrected chi connectivity index (χ4v) is 2.41. The van der Waals surface area contributed by atoms with Crippen LogP contribution in [0.1, 0.15) is 11.1 Å². The van der Waals surface area contributed by atoms with Crippen molar-refractivity contribution in [3.8, 4) is 0 Å². The van der Waals surface area contributed by atoms with E-state index in [-0.39, 0.29) is 13.0 Å². The van der Waals surface area contributed by atoms with E-state index < -0.39 is 18.1 Å². The highest BCUT2D eigenvalue weighted by Gasteiger charge is 2.22. The smallest absolute Gasteiger partial charge is 0.408 e. The molecule has 8 nitrogen and oxygen atoms in total. The van der Waals surface area contributed by atoms with Crippen molar-refractivity contribution >= 4 is 23.1 Å². The van der Waals surface area contributed by atoms with Crippen LogP contribution in [0.3, 0.4) is 0 Å². The maximum atomic E-state index is 11.9. The number of carbonyl (C=O) groups is 2. The maximum absolute atomic E-state index is 11.9. The first-order valence-corrected chi connectivity index (χ1v) is 7.59. The molecule has 8 heteroatoms. The Labute approximate surface area is 142 Å². The number of aromatic nitrogens is 3. The number of carboxylic acid groups (broad SMARTS) is 1. The summed E-state index contributed by atoms with van der Waals surface area (Å²) in [6.45, 7) is 0.0694. The first-order valence-electron chi connectivity index (χ1n) is 7.59. The number of rotatable bonds is 6. The summed E-state index contributed by atoms with van der Waals surface area (Å²) in [7, 11) is 0. The Kier molecular flexibility index (Phi) is 4.89. The number of carboxylic acids is 1. The minimum Gasteiger partial charge on any atom is -0.480 e. The Balaban J connectivity index is 1.63. The molecule has 1 aromatic carbocycles. The predicted octanol–water partition coefficient (Wildman–Crippen LogP) is 1.88. The average molecular weight is 340 g/mol. The van der Waals surface area contributed by atoms with Gasteiger partial charge < -0.3 is 20.1 Å². The molecule has 3 N–H and O–H groups in total. The minimum absolute atomic E-state index is 0.0694. The summed E-state index contributed by atoms with van der Waals surface area (Å²) in [5, 5.41) is 12.5. The first kappa shape index (κ1) is 16.4. The van der Waals surface area contributed by atoms with Crippen molar-refractivity contribution in [2.75, 3.05) is 0 Å². The predicted molar refractivity (Wildman–Crippen MR) is 88.8 cm³/mol. The summed E-state index contributed by atoms with van der Waals surface area (Å²) in [4.78, 5) is 34.3. The quantitative estimate of drug-likeness (QED) is 0.631. The summed E-state index contributed by atoms with van der Waals surface area (Å²) in [6.07, 6.45) is 3.96. The lowest BCUT2D eigenvalue weighted by molar-refractivity contribution is -0.139. The fraction of sp³-hybridized carbons (Fsp3) is 0.176. The molecule has 2 aromatic heterocycles. The summed E-state index contributed by atoms with van der Waals surface area (Å²) in [5.74, 6) is -1.15. The van der Waals surface area contributed by atoms with Crippen molar-refractivity contribution in [2.24, 2.45) is 0 Å². The van der Waals surface area contributed by atoms with Crippen molar-refractivity contribution in [1.82, 2.24) is 20.3 Å². The second-order valence-electron chi connectivity index (χ2n) is 5.40. The van der Waals surface area contributed by atoms with Gasteiger partial charge in [-0.2, -0.15) is 0 Å². The van der Waals surface area contributed by atoms with E-state index in [1.54, 1.807) is 12.4 Å². The molecule has 0 radical (unpaired) electrons. The molecule has 3 rings (SSSR count). The monoisotopic (exact) mass is 340 g/mol. The molecule has 128 valence electrons. The van der Waals surface area contributed by atoms with E-state index in [0.29, 0.717) is 16.6 Å². The van der Waals surface area contributed by atoms with E-state index in [4.69, 9.17) is 4.74 Å². The van der Waals surface area contributed by atoms with Gasteiger partial charge in [-0.05, 0) is 11.1 Å². The molecule has 0 bridgehead atoms. The molecule has 1 amide bonds. The van der Waals surface area contributed by atoms with Gasteiger partial charge in [-0.1, -0.05) is 30.3 Å². The molecule has 0 saturated heterocycles. The Morgan fingerprint density at radius 1 is 1.28 bits per heavy atom. The number of amides is 1. The van der Waals surface area contributed by atoms with Gasteiger partial charge in [0.2, 0.25) is 0 Å². The molecule has 0 aliphatic rings. The second kappa shape index (κ2) is 7.43. The highest BCUT2D eigenvalue weighted by Crippen LogP contribution is 2.16. The number of fused-ring (bicyclic) bond motifs is 1. The van der Waals surface area contributed by atoms with Crippen molar-refractivity contribution in [1.29, 1.82) is 0 Å². The largest absolute Gasteiger partial charge is 0.480 e. The topological polar surface area (TPSA) is 117 Å². The third kappa shape index (κ3) is 4.11. The number of aromatic amines is 1. The SMILES string of the molecule is O=C(NC(Cc1c[nH]c2ncncc12)C(=O)O)OCc1ccccc1. The van der Waals surface area contributed by atoms with Crippen molar-refractivity contribution < 1.29 is 19.4 Å². The summed E-state index contributed by atoms with van der Waals surface area (Å²) in [6, 6.07) is 8.02. The number of H-pyrrole nitrogens is 1. The number of alkyl carbamates (subject to hydrolysis) is 1. The van der Waals surface area contributed by atoms with Crippen LogP contribution in [-0.2, 0) is 22.6 Å². The number of nitrogens with one attached hydrogen (secondary N) is 2. The zero-order valence-corrected chi connectivity index (χ0v) is 13.2. The average Bonchev–Trinajstić information content (AvgIpc) is 3.03. The minimum atomic E-state index is -1.15. The lowest BCUT2D eigenvalue weighted by Crippen LogP contribution is -2.42. The Morgan fingerprint density at radius 2 is 2.08 bits per heavy atom. The molecule has 3 aromatic rings. The normalized spacial score (nSPS) is 11.8. The highest BCUT2D eigenvalue weighted by atomic mass is 16.5. The van der Waals surface area contributed by atoms with E-state index in [1.165, 1.54) is 6.33 Å². The van der Waals surface area contributed by atoms with Gasteiger partial charge >= 0.3 is 12.1 Å². The molecular formula is C17H16N4O4. The number of hydrogen-bond donors (Lipinski definition) is 3. The highest BCUT2D eigenvalue weighted by molar-refractivity contribution is 5.83. The van der Waals surface area contributed by atoms with Gasteiger partial charge in [0, 0.05) is 24.2 Å². The number of benzene rings is 1. The van der Waals surface area contributed by atoms with Gasteiger partial charge in [-0.25, -0.2) is 19.6 Å². The van der Waals surface area contributed by atoms with Crippen LogP contribution in [-0.4, -0.2) is 38.2 Å². The van der Waals surface area contributed by atoms with Crippen molar-refractivity contribution in [3.63, 3.8) is 0 Å². The summed E-state index contributed by atoms with van der Waals surface area (Å²) in [5.41, 5.74) is 2.13. The zero-order chi connectivity index (χ0) is 17.6. The molecule has 2 heterocycles. The molecule has 1 atom stereocenters. The molecule has 1 unspecified atom stereocenters. The van der Waals surface area contributed by atoms with Crippen molar-refractivity contribution in [3.05, 3.63) is 60.2 Å². The number of hydrogen-bond acceptors (Lipinski definition) is 5. The standard InChI is InChI=1S/C17H16N4O4/c22-16(23)14(6-12-7-19-15-13(12)8-18-10-20-15)21-17(24)25-9-11-4-2-1-3-5-11/h1-5,7-8,10,14H,6,9H2,(H,21,24)(H,22,23)(H,18,19,20). The molecule has 0 aliphatic carbocycles. The van der Waals surface area contributed by atoms with E-state index in [1.807, 2.05) is 30.3 Å². The molecule has 0 saturated carbocycles. The number of nitrogens with zero attached hydrogens (tertiary/aromatic N) is 2. The molecule has 0 aliphatic heterocycles. The lowest BCUT2D eigenvalue weighted by Gasteiger charge is -2.14.